The molecule has 0 atom stereocenters. The average Bonchev–Trinajstić information content (AvgIpc) is 2.85. The summed E-state index contributed by atoms with van der Waals surface area (Å²) in [5, 5.41) is 7.48. The highest BCUT2D eigenvalue weighted by Gasteiger charge is 2.25. The molecule has 1 heterocycles. The molecule has 1 amide bonds. The zero-order valence-corrected chi connectivity index (χ0v) is 11.9. The van der Waals surface area contributed by atoms with E-state index < -0.39 is 0 Å². The van der Waals surface area contributed by atoms with E-state index in [2.05, 4.69) is 44.7 Å². The second-order valence-corrected chi connectivity index (χ2v) is 5.15. The van der Waals surface area contributed by atoms with Gasteiger partial charge in [0.1, 0.15) is 4.88 Å². The van der Waals surface area contributed by atoms with Crippen LogP contribution in [0.3, 0.4) is 0 Å². The highest BCUT2D eigenvalue weighted by Crippen LogP contribution is 2.27. The number of carbonyl (C=O) groups is 1. The molecule has 1 rings (SSSR count). The van der Waals surface area contributed by atoms with Crippen LogP contribution in [0.1, 0.15) is 36.4 Å². The van der Waals surface area contributed by atoms with Gasteiger partial charge in [-0.15, -0.1) is 5.10 Å². The summed E-state index contributed by atoms with van der Waals surface area (Å²) in [7, 11) is 0. The number of hydrogen-bond donors (Lipinski definition) is 1. The van der Waals surface area contributed by atoms with Gasteiger partial charge in [0.05, 0.1) is 6.20 Å². The molecule has 0 saturated heterocycles. The normalized spacial score (nSPS) is 11.4. The fourth-order valence-electron chi connectivity index (χ4n) is 1.36. The highest BCUT2D eigenvalue weighted by molar-refractivity contribution is 9.09. The van der Waals surface area contributed by atoms with Crippen LogP contribution in [-0.4, -0.2) is 27.4 Å². The maximum atomic E-state index is 11.7. The zero-order valence-electron chi connectivity index (χ0n) is 9.49. The first kappa shape index (κ1) is 13.6. The van der Waals surface area contributed by atoms with Gasteiger partial charge in [0.15, 0.2) is 0 Å². The molecule has 0 radical (unpaired) electrons. The Kier molecular flexibility index (Phi) is 5.34. The average molecular weight is 306 g/mol. The van der Waals surface area contributed by atoms with Gasteiger partial charge < -0.3 is 5.32 Å². The van der Waals surface area contributed by atoms with Gasteiger partial charge in [0.25, 0.3) is 5.91 Å². The van der Waals surface area contributed by atoms with Gasteiger partial charge in [-0.05, 0) is 29.8 Å². The van der Waals surface area contributed by atoms with E-state index in [0.717, 1.165) is 29.7 Å². The molecule has 1 aromatic rings. The number of halogens is 1. The molecule has 4 nitrogen and oxygen atoms in total. The molecule has 0 aliphatic carbocycles. The van der Waals surface area contributed by atoms with Crippen LogP contribution in [0, 0.1) is 5.41 Å². The molecule has 0 fully saturated rings. The number of nitrogens with zero attached hydrogens (tertiary/aromatic N) is 2. The molecule has 16 heavy (non-hydrogen) atoms. The fourth-order valence-corrected chi connectivity index (χ4v) is 2.78. The summed E-state index contributed by atoms with van der Waals surface area (Å²) in [6, 6.07) is 0. The van der Waals surface area contributed by atoms with Gasteiger partial charge in [-0.3, -0.25) is 4.79 Å². The summed E-state index contributed by atoms with van der Waals surface area (Å²) in [6.45, 7) is 4.97. The molecule has 0 unspecified atom stereocenters. The van der Waals surface area contributed by atoms with Crippen molar-refractivity contribution >= 4 is 33.4 Å². The SMILES string of the molecule is CCC(CC)(CBr)CNC(=O)c1cnns1. The second kappa shape index (κ2) is 6.30. The first-order chi connectivity index (χ1) is 7.67. The van der Waals surface area contributed by atoms with Crippen molar-refractivity contribution in [3.63, 3.8) is 0 Å². The van der Waals surface area contributed by atoms with E-state index in [1.807, 2.05) is 0 Å². The Morgan fingerprint density at radius 3 is 2.69 bits per heavy atom. The number of aromatic nitrogens is 2. The number of amides is 1. The number of carbonyl (C=O) groups excluding carboxylic acids is 1. The van der Waals surface area contributed by atoms with Crippen molar-refractivity contribution in [3.05, 3.63) is 11.1 Å². The van der Waals surface area contributed by atoms with Crippen LogP contribution in [-0.2, 0) is 0 Å². The van der Waals surface area contributed by atoms with Crippen molar-refractivity contribution in [1.82, 2.24) is 14.9 Å². The van der Waals surface area contributed by atoms with Crippen molar-refractivity contribution in [2.45, 2.75) is 26.7 Å². The van der Waals surface area contributed by atoms with Crippen molar-refractivity contribution in [1.29, 1.82) is 0 Å². The molecule has 90 valence electrons. The van der Waals surface area contributed by atoms with E-state index in [1.165, 1.54) is 6.20 Å². The van der Waals surface area contributed by atoms with Gasteiger partial charge >= 0.3 is 0 Å². The third-order valence-electron chi connectivity index (χ3n) is 2.99. The molecular weight excluding hydrogens is 290 g/mol. The maximum Gasteiger partial charge on any atom is 0.264 e. The first-order valence-corrected chi connectivity index (χ1v) is 7.18. The summed E-state index contributed by atoms with van der Waals surface area (Å²) < 4.78 is 3.67. The molecule has 1 aromatic heterocycles. The minimum atomic E-state index is -0.0813. The Hall–Kier alpha value is -0.490. The molecule has 0 bridgehead atoms. The van der Waals surface area contributed by atoms with Crippen molar-refractivity contribution in [2.24, 2.45) is 5.41 Å². The third kappa shape index (κ3) is 3.25. The standard InChI is InChI=1S/C10H16BrN3OS/c1-3-10(4-2,6-11)7-12-9(15)8-5-13-14-16-8/h5H,3-4,6-7H2,1-2H3,(H,12,15). The smallest absolute Gasteiger partial charge is 0.264 e. The molecule has 1 N–H and O–H groups in total. The Balaban J connectivity index is 2.53. The Bertz CT molecular complexity index is 317. The monoisotopic (exact) mass is 305 g/mol. The lowest BCUT2D eigenvalue weighted by molar-refractivity contribution is 0.0936. The lowest BCUT2D eigenvalue weighted by Crippen LogP contribution is -2.37. The summed E-state index contributed by atoms with van der Waals surface area (Å²) in [5.41, 5.74) is 0.147. The van der Waals surface area contributed by atoms with Crippen LogP contribution in [0.2, 0.25) is 0 Å². The minimum absolute atomic E-state index is 0.0813. The van der Waals surface area contributed by atoms with Crippen molar-refractivity contribution < 1.29 is 4.79 Å². The van der Waals surface area contributed by atoms with Crippen LogP contribution < -0.4 is 5.32 Å². The summed E-state index contributed by atoms with van der Waals surface area (Å²) >= 11 is 4.64. The highest BCUT2D eigenvalue weighted by atomic mass is 79.9. The lowest BCUT2D eigenvalue weighted by Gasteiger charge is -2.29. The van der Waals surface area contributed by atoms with Gasteiger partial charge in [-0.25, -0.2) is 0 Å². The number of rotatable bonds is 6. The Labute approximate surface area is 108 Å². The van der Waals surface area contributed by atoms with Gasteiger partial charge in [-0.1, -0.05) is 34.3 Å². The molecule has 0 aliphatic rings. The van der Waals surface area contributed by atoms with Gasteiger partial charge in [0.2, 0.25) is 0 Å². The van der Waals surface area contributed by atoms with Crippen LogP contribution in [0.15, 0.2) is 6.20 Å². The predicted octanol–water partition coefficient (Wildman–Crippen LogP) is 2.47. The largest absolute Gasteiger partial charge is 0.351 e. The van der Waals surface area contributed by atoms with Crippen LogP contribution >= 0.6 is 27.5 Å². The molecule has 0 spiro atoms. The summed E-state index contributed by atoms with van der Waals surface area (Å²) in [4.78, 5) is 12.3. The van der Waals surface area contributed by atoms with E-state index in [-0.39, 0.29) is 11.3 Å². The second-order valence-electron chi connectivity index (χ2n) is 3.81. The Morgan fingerprint density at radius 2 is 2.25 bits per heavy atom. The minimum Gasteiger partial charge on any atom is -0.351 e. The van der Waals surface area contributed by atoms with E-state index in [4.69, 9.17) is 0 Å². The van der Waals surface area contributed by atoms with Crippen LogP contribution in [0.4, 0.5) is 0 Å². The molecular formula is C10H16BrN3OS. The number of alkyl halides is 1. The predicted molar refractivity (Wildman–Crippen MR) is 69.1 cm³/mol. The van der Waals surface area contributed by atoms with Crippen molar-refractivity contribution in [2.75, 3.05) is 11.9 Å². The van der Waals surface area contributed by atoms with E-state index in [1.54, 1.807) is 0 Å². The molecule has 0 aromatic carbocycles. The summed E-state index contributed by atoms with van der Waals surface area (Å²) in [5.74, 6) is -0.0813. The topological polar surface area (TPSA) is 54.9 Å². The molecule has 0 saturated carbocycles. The third-order valence-corrected chi connectivity index (χ3v) is 4.85. The van der Waals surface area contributed by atoms with Crippen LogP contribution in [0.25, 0.3) is 0 Å². The summed E-state index contributed by atoms with van der Waals surface area (Å²) in [6.07, 6.45) is 3.57. The van der Waals surface area contributed by atoms with Gasteiger partial charge in [-0.2, -0.15) is 0 Å². The molecule has 0 aliphatic heterocycles. The van der Waals surface area contributed by atoms with E-state index in [0.29, 0.717) is 11.4 Å². The maximum absolute atomic E-state index is 11.7. The van der Waals surface area contributed by atoms with Crippen molar-refractivity contribution in [3.8, 4) is 0 Å². The van der Waals surface area contributed by atoms with Crippen LogP contribution in [0.5, 0.6) is 0 Å². The van der Waals surface area contributed by atoms with E-state index in [9.17, 15) is 4.79 Å². The zero-order chi connectivity index (χ0) is 12.0. The van der Waals surface area contributed by atoms with Gasteiger partial charge in [0, 0.05) is 11.9 Å². The first-order valence-electron chi connectivity index (χ1n) is 5.29. The van der Waals surface area contributed by atoms with E-state index >= 15 is 0 Å². The number of nitrogens with one attached hydrogen (secondary N) is 1. The fraction of sp³-hybridized carbons (Fsp3) is 0.700. The quantitative estimate of drug-likeness (QED) is 0.822. The Morgan fingerprint density at radius 1 is 1.56 bits per heavy atom. The number of hydrogen-bond acceptors (Lipinski definition) is 4. The lowest BCUT2D eigenvalue weighted by atomic mass is 9.84. The molecule has 6 heteroatoms.